The molecule has 86 valence electrons. The van der Waals surface area contributed by atoms with Gasteiger partial charge in [-0.1, -0.05) is 0 Å². The van der Waals surface area contributed by atoms with E-state index in [0.717, 1.165) is 5.69 Å². The van der Waals surface area contributed by atoms with E-state index in [9.17, 15) is 4.79 Å². The first-order valence-electron chi connectivity index (χ1n) is 5.04. The summed E-state index contributed by atoms with van der Waals surface area (Å²) in [6.45, 7) is 1.86. The molecule has 0 spiro atoms. The van der Waals surface area contributed by atoms with Crippen LogP contribution in [0, 0.1) is 6.92 Å². The second-order valence-corrected chi connectivity index (χ2v) is 3.46. The smallest absolute Gasteiger partial charge is 0.216 e. The van der Waals surface area contributed by atoms with E-state index in [2.05, 4.69) is 15.0 Å². The second-order valence-electron chi connectivity index (χ2n) is 3.46. The third-order valence-corrected chi connectivity index (χ3v) is 2.26. The molecule has 0 aliphatic rings. The number of hydrogen-bond donors (Lipinski definition) is 0. The molecule has 5 heteroatoms. The van der Waals surface area contributed by atoms with Crippen molar-refractivity contribution in [3.05, 3.63) is 47.7 Å². The summed E-state index contributed by atoms with van der Waals surface area (Å²) in [6, 6.07) is 5.01. The summed E-state index contributed by atoms with van der Waals surface area (Å²) in [4.78, 5) is 23.9. The fourth-order valence-electron chi connectivity index (χ4n) is 1.33. The Bertz CT molecular complexity index is 538. The number of carbonyl (C=O) groups excluding carboxylic acids is 1. The lowest BCUT2D eigenvalue weighted by molar-refractivity contribution is 0.103. The molecular weight excluding hydrogens is 218 g/mol. The van der Waals surface area contributed by atoms with Crippen molar-refractivity contribution in [1.82, 2.24) is 15.0 Å². The number of nitrogens with zero attached hydrogens (tertiary/aromatic N) is 3. The van der Waals surface area contributed by atoms with E-state index < -0.39 is 0 Å². The van der Waals surface area contributed by atoms with E-state index in [4.69, 9.17) is 4.74 Å². The summed E-state index contributed by atoms with van der Waals surface area (Å²) < 4.78 is 4.94. The molecule has 0 aromatic carbocycles. The van der Waals surface area contributed by atoms with Gasteiger partial charge in [0.25, 0.3) is 0 Å². The maximum Gasteiger partial charge on any atom is 0.216 e. The zero-order chi connectivity index (χ0) is 12.3. The number of carbonyl (C=O) groups is 1. The van der Waals surface area contributed by atoms with Crippen LogP contribution >= 0.6 is 0 Å². The van der Waals surface area contributed by atoms with Crippen molar-refractivity contribution < 1.29 is 9.53 Å². The fraction of sp³-hybridized carbons (Fsp3) is 0.167. The van der Waals surface area contributed by atoms with Crippen molar-refractivity contribution in [3.8, 4) is 5.88 Å². The van der Waals surface area contributed by atoms with E-state index in [0.29, 0.717) is 17.1 Å². The summed E-state index contributed by atoms with van der Waals surface area (Å²) in [5, 5.41) is 0. The molecule has 0 fully saturated rings. The molecule has 0 unspecified atom stereocenters. The topological polar surface area (TPSA) is 65.0 Å². The molecule has 0 radical (unpaired) electrons. The molecule has 2 heterocycles. The molecule has 0 N–H and O–H groups in total. The Kier molecular flexibility index (Phi) is 3.09. The summed E-state index contributed by atoms with van der Waals surface area (Å²) in [5.74, 6) is 0.168. The monoisotopic (exact) mass is 229 g/mol. The minimum absolute atomic E-state index is 0.196. The fourth-order valence-corrected chi connectivity index (χ4v) is 1.33. The van der Waals surface area contributed by atoms with Crippen molar-refractivity contribution in [2.24, 2.45) is 0 Å². The summed E-state index contributed by atoms with van der Waals surface area (Å²) in [6.07, 6.45) is 2.83. The Balaban J connectivity index is 2.33. The average Bonchev–Trinajstić information content (AvgIpc) is 2.39. The summed E-state index contributed by atoms with van der Waals surface area (Å²) in [5.41, 5.74) is 1.65. The van der Waals surface area contributed by atoms with Crippen molar-refractivity contribution >= 4 is 5.78 Å². The number of hydrogen-bond acceptors (Lipinski definition) is 5. The van der Waals surface area contributed by atoms with Gasteiger partial charge in [-0.3, -0.25) is 9.78 Å². The van der Waals surface area contributed by atoms with Gasteiger partial charge in [0.15, 0.2) is 0 Å². The highest BCUT2D eigenvalue weighted by Gasteiger charge is 2.11. The number of ether oxygens (including phenoxy) is 1. The maximum absolute atomic E-state index is 12.0. The highest BCUT2D eigenvalue weighted by Crippen LogP contribution is 2.11. The number of aryl methyl sites for hydroxylation is 1. The SMILES string of the molecule is COc1cc(C(=O)c2ccc(C)nc2)ncn1. The molecule has 17 heavy (non-hydrogen) atoms. The zero-order valence-electron chi connectivity index (χ0n) is 9.54. The number of pyridine rings is 1. The van der Waals surface area contributed by atoms with Gasteiger partial charge >= 0.3 is 0 Å². The Morgan fingerprint density at radius 2 is 2.06 bits per heavy atom. The first-order valence-corrected chi connectivity index (χ1v) is 5.04. The van der Waals surface area contributed by atoms with Gasteiger partial charge < -0.3 is 4.74 Å². The zero-order valence-corrected chi connectivity index (χ0v) is 9.54. The van der Waals surface area contributed by atoms with Gasteiger partial charge in [0, 0.05) is 23.5 Å². The van der Waals surface area contributed by atoms with Crippen LogP contribution in [-0.4, -0.2) is 27.8 Å². The van der Waals surface area contributed by atoms with E-state index in [1.807, 2.05) is 6.92 Å². The Morgan fingerprint density at radius 1 is 1.24 bits per heavy atom. The van der Waals surface area contributed by atoms with Gasteiger partial charge in [-0.25, -0.2) is 9.97 Å². The predicted octanol–water partition coefficient (Wildman–Crippen LogP) is 1.42. The van der Waals surface area contributed by atoms with Crippen LogP contribution < -0.4 is 4.74 Å². The number of rotatable bonds is 3. The third-order valence-electron chi connectivity index (χ3n) is 2.26. The molecule has 0 aliphatic carbocycles. The third kappa shape index (κ3) is 2.44. The van der Waals surface area contributed by atoms with E-state index in [-0.39, 0.29) is 5.78 Å². The molecular formula is C12H11N3O2. The van der Waals surface area contributed by atoms with Crippen LogP contribution in [-0.2, 0) is 0 Å². The molecule has 0 atom stereocenters. The Hall–Kier alpha value is -2.30. The van der Waals surface area contributed by atoms with Gasteiger partial charge in [0.05, 0.1) is 7.11 Å². The predicted molar refractivity (Wildman–Crippen MR) is 61.0 cm³/mol. The average molecular weight is 229 g/mol. The van der Waals surface area contributed by atoms with Gasteiger partial charge in [-0.2, -0.15) is 0 Å². The van der Waals surface area contributed by atoms with Crippen LogP contribution in [0.4, 0.5) is 0 Å². The molecule has 2 rings (SSSR count). The molecule has 0 saturated heterocycles. The molecule has 0 aliphatic heterocycles. The molecule has 0 amide bonds. The number of methoxy groups -OCH3 is 1. The highest BCUT2D eigenvalue weighted by atomic mass is 16.5. The lowest BCUT2D eigenvalue weighted by Crippen LogP contribution is -2.05. The van der Waals surface area contributed by atoms with E-state index in [1.165, 1.54) is 25.7 Å². The van der Waals surface area contributed by atoms with Crippen LogP contribution in [0.3, 0.4) is 0 Å². The molecule has 0 saturated carbocycles. The molecule has 2 aromatic rings. The standard InChI is InChI=1S/C12H11N3O2/c1-8-3-4-9(6-13-8)12(16)10-5-11(17-2)15-7-14-10/h3-7H,1-2H3. The van der Waals surface area contributed by atoms with Crippen LogP contribution in [0.2, 0.25) is 0 Å². The second kappa shape index (κ2) is 4.69. The summed E-state index contributed by atoms with van der Waals surface area (Å²) >= 11 is 0. The van der Waals surface area contributed by atoms with E-state index >= 15 is 0 Å². The van der Waals surface area contributed by atoms with Crippen molar-refractivity contribution in [2.45, 2.75) is 6.92 Å². The Labute approximate surface area is 98.5 Å². The van der Waals surface area contributed by atoms with E-state index in [1.54, 1.807) is 12.1 Å². The van der Waals surface area contributed by atoms with Crippen molar-refractivity contribution in [3.63, 3.8) is 0 Å². The maximum atomic E-state index is 12.0. The lowest BCUT2D eigenvalue weighted by Gasteiger charge is -2.02. The van der Waals surface area contributed by atoms with Crippen molar-refractivity contribution in [1.29, 1.82) is 0 Å². The minimum atomic E-state index is -0.196. The van der Waals surface area contributed by atoms with Crippen LogP contribution in [0.15, 0.2) is 30.7 Å². The quantitative estimate of drug-likeness (QED) is 0.745. The molecule has 5 nitrogen and oxygen atoms in total. The Morgan fingerprint density at radius 3 is 2.71 bits per heavy atom. The van der Waals surface area contributed by atoms with Crippen LogP contribution in [0.1, 0.15) is 21.7 Å². The highest BCUT2D eigenvalue weighted by molar-refractivity contribution is 6.07. The first kappa shape index (κ1) is 11.2. The van der Waals surface area contributed by atoms with Crippen molar-refractivity contribution in [2.75, 3.05) is 7.11 Å². The van der Waals surface area contributed by atoms with Gasteiger partial charge in [-0.05, 0) is 19.1 Å². The lowest BCUT2D eigenvalue weighted by atomic mass is 10.1. The van der Waals surface area contributed by atoms with Crippen LogP contribution in [0.25, 0.3) is 0 Å². The largest absolute Gasteiger partial charge is 0.481 e. The van der Waals surface area contributed by atoms with Gasteiger partial charge in [0.1, 0.15) is 12.0 Å². The van der Waals surface area contributed by atoms with Crippen LogP contribution in [0.5, 0.6) is 5.88 Å². The number of ketones is 1. The normalized spacial score (nSPS) is 10.0. The van der Waals surface area contributed by atoms with Gasteiger partial charge in [0.2, 0.25) is 11.7 Å². The first-order chi connectivity index (χ1) is 8.20. The summed E-state index contributed by atoms with van der Waals surface area (Å²) in [7, 11) is 1.49. The van der Waals surface area contributed by atoms with Gasteiger partial charge in [-0.15, -0.1) is 0 Å². The molecule has 2 aromatic heterocycles. The minimum Gasteiger partial charge on any atom is -0.481 e. The number of aromatic nitrogens is 3. The molecule has 0 bridgehead atoms.